The maximum Gasteiger partial charge on any atom is 0.409 e. The van der Waals surface area contributed by atoms with Gasteiger partial charge in [-0.25, -0.2) is 9.48 Å². The third kappa shape index (κ3) is 2.61. The molecule has 1 saturated heterocycles. The zero-order valence-electron chi connectivity index (χ0n) is 12.8. The predicted molar refractivity (Wildman–Crippen MR) is 82.3 cm³/mol. The van der Waals surface area contributed by atoms with Gasteiger partial charge in [0.2, 0.25) is 0 Å². The summed E-state index contributed by atoms with van der Waals surface area (Å²) in [6.07, 6.45) is -0.274. The molecule has 2 heterocycles. The summed E-state index contributed by atoms with van der Waals surface area (Å²) in [5, 5.41) is 8.56. The third-order valence-corrected chi connectivity index (χ3v) is 3.88. The van der Waals surface area contributed by atoms with Gasteiger partial charge in [-0.05, 0) is 19.1 Å². The zero-order valence-corrected chi connectivity index (χ0v) is 12.8. The molecule has 116 valence electrons. The number of anilines is 1. The SMILES string of the molecule is COC(=O)N1CCN(c2nnn(-c3ccccc3)c2C)CC1. The highest BCUT2D eigenvalue weighted by Gasteiger charge is 2.24. The average Bonchev–Trinajstić information content (AvgIpc) is 2.96. The van der Waals surface area contributed by atoms with Crippen molar-refractivity contribution in [2.24, 2.45) is 0 Å². The lowest BCUT2D eigenvalue weighted by molar-refractivity contribution is 0.121. The first-order valence-corrected chi connectivity index (χ1v) is 7.26. The van der Waals surface area contributed by atoms with Crippen molar-refractivity contribution < 1.29 is 9.53 Å². The number of nitrogens with zero attached hydrogens (tertiary/aromatic N) is 5. The number of amides is 1. The Labute approximate surface area is 129 Å². The predicted octanol–water partition coefficient (Wildman–Crippen LogP) is 1.46. The molecule has 3 rings (SSSR count). The lowest BCUT2D eigenvalue weighted by Gasteiger charge is -2.34. The molecule has 0 unspecified atom stereocenters. The van der Waals surface area contributed by atoms with E-state index in [1.54, 1.807) is 4.90 Å². The number of benzene rings is 1. The van der Waals surface area contributed by atoms with Crippen molar-refractivity contribution in [2.45, 2.75) is 6.92 Å². The second-order valence-corrected chi connectivity index (χ2v) is 5.19. The van der Waals surface area contributed by atoms with E-state index in [0.29, 0.717) is 13.1 Å². The Kier molecular flexibility index (Phi) is 3.95. The number of para-hydroxylation sites is 1. The van der Waals surface area contributed by atoms with E-state index in [4.69, 9.17) is 4.74 Å². The Morgan fingerprint density at radius 3 is 2.45 bits per heavy atom. The standard InChI is InChI=1S/C15H19N5O2/c1-12-14(16-17-20(12)13-6-4-3-5-7-13)18-8-10-19(11-9-18)15(21)22-2/h3-7H,8-11H2,1-2H3. The second-order valence-electron chi connectivity index (χ2n) is 5.19. The van der Waals surface area contributed by atoms with E-state index in [2.05, 4.69) is 15.2 Å². The van der Waals surface area contributed by atoms with Gasteiger partial charge in [0, 0.05) is 26.2 Å². The maximum atomic E-state index is 11.5. The van der Waals surface area contributed by atoms with Gasteiger partial charge >= 0.3 is 6.09 Å². The number of ether oxygens (including phenoxy) is 1. The molecule has 0 radical (unpaired) electrons. The molecule has 22 heavy (non-hydrogen) atoms. The topological polar surface area (TPSA) is 63.5 Å². The van der Waals surface area contributed by atoms with Gasteiger partial charge < -0.3 is 14.5 Å². The zero-order chi connectivity index (χ0) is 15.5. The van der Waals surface area contributed by atoms with Gasteiger partial charge in [0.15, 0.2) is 5.82 Å². The van der Waals surface area contributed by atoms with E-state index in [1.165, 1.54) is 7.11 Å². The second kappa shape index (κ2) is 6.05. The molecule has 2 aromatic rings. The molecule has 0 bridgehead atoms. The fraction of sp³-hybridized carbons (Fsp3) is 0.400. The summed E-state index contributed by atoms with van der Waals surface area (Å²) in [6.45, 7) is 4.72. The molecule has 1 aliphatic heterocycles. The molecule has 0 saturated carbocycles. The summed E-state index contributed by atoms with van der Waals surface area (Å²) in [6, 6.07) is 9.93. The van der Waals surface area contributed by atoms with Crippen LogP contribution in [-0.4, -0.2) is 59.3 Å². The smallest absolute Gasteiger partial charge is 0.409 e. The lowest BCUT2D eigenvalue weighted by Crippen LogP contribution is -2.49. The number of aromatic nitrogens is 3. The third-order valence-electron chi connectivity index (χ3n) is 3.88. The minimum atomic E-state index is -0.274. The van der Waals surface area contributed by atoms with E-state index < -0.39 is 0 Å². The van der Waals surface area contributed by atoms with E-state index >= 15 is 0 Å². The maximum absolute atomic E-state index is 11.5. The first-order valence-electron chi connectivity index (χ1n) is 7.26. The molecule has 1 amide bonds. The number of hydrogen-bond donors (Lipinski definition) is 0. The monoisotopic (exact) mass is 301 g/mol. The summed E-state index contributed by atoms with van der Waals surface area (Å²) in [4.78, 5) is 15.4. The molecule has 1 aromatic heterocycles. The quantitative estimate of drug-likeness (QED) is 0.840. The number of piperazine rings is 1. The summed E-state index contributed by atoms with van der Waals surface area (Å²) in [5.41, 5.74) is 1.99. The van der Waals surface area contributed by atoms with Crippen LogP contribution in [-0.2, 0) is 4.74 Å². The van der Waals surface area contributed by atoms with E-state index in [-0.39, 0.29) is 6.09 Å². The Bertz CT molecular complexity index is 647. The number of rotatable bonds is 2. The molecule has 0 spiro atoms. The first kappa shape index (κ1) is 14.4. The summed E-state index contributed by atoms with van der Waals surface area (Å²) < 4.78 is 6.59. The lowest BCUT2D eigenvalue weighted by atomic mass is 10.3. The van der Waals surface area contributed by atoms with Crippen molar-refractivity contribution in [2.75, 3.05) is 38.2 Å². The Hall–Kier alpha value is -2.57. The van der Waals surface area contributed by atoms with Crippen LogP contribution in [0, 0.1) is 6.92 Å². The van der Waals surface area contributed by atoms with Crippen molar-refractivity contribution in [1.82, 2.24) is 19.9 Å². The van der Waals surface area contributed by atoms with Gasteiger partial charge in [-0.1, -0.05) is 23.4 Å². The minimum absolute atomic E-state index is 0.274. The van der Waals surface area contributed by atoms with Crippen LogP contribution in [0.25, 0.3) is 5.69 Å². The highest BCUT2D eigenvalue weighted by molar-refractivity contribution is 5.67. The van der Waals surface area contributed by atoms with Crippen molar-refractivity contribution in [3.63, 3.8) is 0 Å². The van der Waals surface area contributed by atoms with Crippen molar-refractivity contribution in [1.29, 1.82) is 0 Å². The Balaban J connectivity index is 1.75. The molecular weight excluding hydrogens is 282 g/mol. The molecule has 1 aromatic carbocycles. The summed E-state index contributed by atoms with van der Waals surface area (Å²) in [7, 11) is 1.41. The molecule has 7 nitrogen and oxygen atoms in total. The van der Waals surface area contributed by atoms with Crippen LogP contribution in [0.1, 0.15) is 5.69 Å². The van der Waals surface area contributed by atoms with Gasteiger partial charge in [-0.15, -0.1) is 5.10 Å². The van der Waals surface area contributed by atoms with Gasteiger partial charge in [-0.3, -0.25) is 0 Å². The van der Waals surface area contributed by atoms with E-state index in [1.807, 2.05) is 41.9 Å². The number of carbonyl (C=O) groups is 1. The Morgan fingerprint density at radius 1 is 1.14 bits per heavy atom. The van der Waals surface area contributed by atoms with Crippen LogP contribution in [0.5, 0.6) is 0 Å². The van der Waals surface area contributed by atoms with Crippen LogP contribution in [0.4, 0.5) is 10.6 Å². The van der Waals surface area contributed by atoms with Crippen LogP contribution in [0.3, 0.4) is 0 Å². The summed E-state index contributed by atoms with van der Waals surface area (Å²) >= 11 is 0. The molecule has 1 aliphatic rings. The highest BCUT2D eigenvalue weighted by Crippen LogP contribution is 2.20. The van der Waals surface area contributed by atoms with Crippen molar-refractivity contribution in [3.8, 4) is 5.69 Å². The first-order chi connectivity index (χ1) is 10.7. The minimum Gasteiger partial charge on any atom is -0.453 e. The van der Waals surface area contributed by atoms with Crippen LogP contribution >= 0.6 is 0 Å². The molecule has 0 N–H and O–H groups in total. The van der Waals surface area contributed by atoms with Gasteiger partial charge in [-0.2, -0.15) is 0 Å². The van der Waals surface area contributed by atoms with Crippen LogP contribution in [0.2, 0.25) is 0 Å². The van der Waals surface area contributed by atoms with Crippen LogP contribution in [0.15, 0.2) is 30.3 Å². The molecule has 0 aliphatic carbocycles. The number of methoxy groups -OCH3 is 1. The fourth-order valence-corrected chi connectivity index (χ4v) is 2.66. The summed E-state index contributed by atoms with van der Waals surface area (Å²) in [5.74, 6) is 0.869. The molecule has 7 heteroatoms. The number of hydrogen-bond acceptors (Lipinski definition) is 5. The molecular formula is C15H19N5O2. The van der Waals surface area contributed by atoms with Crippen LogP contribution < -0.4 is 4.90 Å². The van der Waals surface area contributed by atoms with E-state index in [0.717, 1.165) is 30.3 Å². The Morgan fingerprint density at radius 2 is 1.82 bits per heavy atom. The average molecular weight is 301 g/mol. The normalized spacial score (nSPS) is 15.0. The van der Waals surface area contributed by atoms with Crippen molar-refractivity contribution >= 4 is 11.9 Å². The highest BCUT2D eigenvalue weighted by atomic mass is 16.5. The van der Waals surface area contributed by atoms with E-state index in [9.17, 15) is 4.79 Å². The number of carbonyl (C=O) groups excluding carboxylic acids is 1. The molecule has 0 atom stereocenters. The van der Waals surface area contributed by atoms with Crippen molar-refractivity contribution in [3.05, 3.63) is 36.0 Å². The molecule has 1 fully saturated rings. The largest absolute Gasteiger partial charge is 0.453 e. The van der Waals surface area contributed by atoms with Gasteiger partial charge in [0.05, 0.1) is 18.5 Å². The fourth-order valence-electron chi connectivity index (χ4n) is 2.66. The van der Waals surface area contributed by atoms with Gasteiger partial charge in [0.25, 0.3) is 0 Å². The van der Waals surface area contributed by atoms with Gasteiger partial charge in [0.1, 0.15) is 0 Å².